The fraction of sp³-hybridized carbons (Fsp3) is 0.158. The molecule has 4 aromatic rings. The Balaban J connectivity index is 1.70. The zero-order valence-corrected chi connectivity index (χ0v) is 13.4. The van der Waals surface area contributed by atoms with E-state index in [1.54, 1.807) is 23.1 Å². The molecule has 0 unspecified atom stereocenters. The van der Waals surface area contributed by atoms with Gasteiger partial charge in [-0.25, -0.2) is 13.9 Å². The van der Waals surface area contributed by atoms with Crippen molar-refractivity contribution < 1.29 is 4.39 Å². The summed E-state index contributed by atoms with van der Waals surface area (Å²) in [6, 6.07) is 15.0. The van der Waals surface area contributed by atoms with Crippen LogP contribution in [0.1, 0.15) is 23.1 Å². The van der Waals surface area contributed by atoms with Crippen molar-refractivity contribution in [3.63, 3.8) is 0 Å². The average Bonchev–Trinajstić information content (AvgIpc) is 3.29. The molecule has 0 amide bonds. The van der Waals surface area contributed by atoms with Crippen LogP contribution in [0.2, 0.25) is 0 Å². The molecule has 0 bridgehead atoms. The predicted molar refractivity (Wildman–Crippen MR) is 93.1 cm³/mol. The molecule has 1 N–H and O–H groups in total. The molecular formula is C19H16FN5. The van der Waals surface area contributed by atoms with Gasteiger partial charge in [-0.15, -0.1) is 0 Å². The molecule has 5 nitrogen and oxygen atoms in total. The highest BCUT2D eigenvalue weighted by atomic mass is 19.1. The second-order valence-corrected chi connectivity index (χ2v) is 6.20. The monoisotopic (exact) mass is 333 g/mol. The molecular weight excluding hydrogens is 317 g/mol. The Bertz CT molecular complexity index is 1040. The smallest absolute Gasteiger partial charge is 0.148 e. The van der Waals surface area contributed by atoms with Gasteiger partial charge in [-0.2, -0.15) is 5.10 Å². The van der Waals surface area contributed by atoms with Crippen molar-refractivity contribution in [2.45, 2.75) is 12.5 Å². The van der Waals surface area contributed by atoms with Crippen LogP contribution in [-0.2, 0) is 6.42 Å². The standard InChI is InChI=1S/C19H16FN5/c20-14-7-4-9-25-17(14)11-16(23-25)19-18-15(21-12-22-18)8-10-24(19)13-5-2-1-3-6-13/h1-7,9,11-12,19H,8,10H2,(H,21,22)/t19-/m1/s1. The first-order chi connectivity index (χ1) is 12.3. The molecule has 0 spiro atoms. The number of hydrogen-bond acceptors (Lipinski definition) is 3. The maximum atomic E-state index is 14.1. The Labute approximate surface area is 143 Å². The van der Waals surface area contributed by atoms with Gasteiger partial charge in [-0.3, -0.25) is 0 Å². The number of rotatable bonds is 2. The lowest BCUT2D eigenvalue weighted by Crippen LogP contribution is -2.36. The van der Waals surface area contributed by atoms with Crippen LogP contribution < -0.4 is 4.90 Å². The fourth-order valence-corrected chi connectivity index (χ4v) is 3.61. The van der Waals surface area contributed by atoms with E-state index in [9.17, 15) is 4.39 Å². The number of nitrogens with zero attached hydrogens (tertiary/aromatic N) is 4. The summed E-state index contributed by atoms with van der Waals surface area (Å²) in [5.74, 6) is -0.273. The number of fused-ring (bicyclic) bond motifs is 2. The van der Waals surface area contributed by atoms with Gasteiger partial charge in [0.25, 0.3) is 0 Å². The second kappa shape index (κ2) is 5.44. The second-order valence-electron chi connectivity index (χ2n) is 6.20. The van der Waals surface area contributed by atoms with Crippen LogP contribution in [0.3, 0.4) is 0 Å². The first-order valence-corrected chi connectivity index (χ1v) is 8.29. The van der Waals surface area contributed by atoms with Crippen molar-refractivity contribution in [3.8, 4) is 0 Å². The summed E-state index contributed by atoms with van der Waals surface area (Å²) in [6.45, 7) is 0.847. The van der Waals surface area contributed by atoms with Crippen molar-refractivity contribution in [1.29, 1.82) is 0 Å². The van der Waals surface area contributed by atoms with E-state index in [2.05, 4.69) is 32.1 Å². The molecule has 25 heavy (non-hydrogen) atoms. The number of anilines is 1. The number of aromatic nitrogens is 4. The molecule has 6 heteroatoms. The average molecular weight is 333 g/mol. The summed E-state index contributed by atoms with van der Waals surface area (Å²) in [5, 5.41) is 4.63. The summed E-state index contributed by atoms with van der Waals surface area (Å²) in [6.07, 6.45) is 4.38. The number of hydrogen-bond donors (Lipinski definition) is 1. The van der Waals surface area contributed by atoms with E-state index in [1.165, 1.54) is 6.07 Å². The third-order valence-electron chi connectivity index (χ3n) is 4.76. The minimum Gasteiger partial charge on any atom is -0.357 e. The lowest BCUT2D eigenvalue weighted by atomic mass is 9.99. The van der Waals surface area contributed by atoms with Crippen molar-refractivity contribution in [1.82, 2.24) is 19.6 Å². The van der Waals surface area contributed by atoms with E-state index in [0.717, 1.165) is 35.7 Å². The first kappa shape index (κ1) is 14.2. The minimum absolute atomic E-state index is 0.142. The van der Waals surface area contributed by atoms with E-state index in [1.807, 2.05) is 24.3 Å². The van der Waals surface area contributed by atoms with Gasteiger partial charge in [0.1, 0.15) is 17.4 Å². The Morgan fingerprint density at radius 3 is 2.84 bits per heavy atom. The molecule has 1 aliphatic rings. The van der Waals surface area contributed by atoms with Crippen molar-refractivity contribution in [3.05, 3.63) is 84.0 Å². The molecule has 1 aliphatic heterocycles. The largest absolute Gasteiger partial charge is 0.357 e. The summed E-state index contributed by atoms with van der Waals surface area (Å²) >= 11 is 0. The van der Waals surface area contributed by atoms with Gasteiger partial charge in [0, 0.05) is 30.5 Å². The topological polar surface area (TPSA) is 49.2 Å². The zero-order chi connectivity index (χ0) is 16.8. The Hall–Kier alpha value is -3.15. The van der Waals surface area contributed by atoms with Gasteiger partial charge in [0.15, 0.2) is 0 Å². The summed E-state index contributed by atoms with van der Waals surface area (Å²) in [5.41, 5.74) is 4.46. The zero-order valence-electron chi connectivity index (χ0n) is 13.4. The van der Waals surface area contributed by atoms with Gasteiger partial charge in [-0.05, 0) is 30.3 Å². The van der Waals surface area contributed by atoms with Crippen LogP contribution in [0, 0.1) is 5.82 Å². The minimum atomic E-state index is -0.273. The van der Waals surface area contributed by atoms with Crippen LogP contribution in [0.15, 0.2) is 61.1 Å². The Morgan fingerprint density at radius 1 is 1.12 bits per heavy atom. The van der Waals surface area contributed by atoms with Gasteiger partial charge >= 0.3 is 0 Å². The molecule has 0 fully saturated rings. The number of imidazole rings is 1. The van der Waals surface area contributed by atoms with Crippen LogP contribution in [0.25, 0.3) is 5.52 Å². The van der Waals surface area contributed by atoms with Gasteiger partial charge < -0.3 is 9.88 Å². The molecule has 0 radical (unpaired) electrons. The lowest BCUT2D eigenvalue weighted by Gasteiger charge is -2.35. The molecule has 0 saturated carbocycles. The summed E-state index contributed by atoms with van der Waals surface area (Å²) < 4.78 is 15.7. The molecule has 1 atom stereocenters. The first-order valence-electron chi connectivity index (χ1n) is 8.29. The number of pyridine rings is 1. The summed E-state index contributed by atoms with van der Waals surface area (Å²) in [7, 11) is 0. The Kier molecular flexibility index (Phi) is 3.09. The van der Waals surface area contributed by atoms with Crippen molar-refractivity contribution in [2.75, 3.05) is 11.4 Å². The van der Waals surface area contributed by atoms with E-state index in [0.29, 0.717) is 5.52 Å². The van der Waals surface area contributed by atoms with E-state index in [4.69, 9.17) is 0 Å². The molecule has 5 rings (SSSR count). The van der Waals surface area contributed by atoms with E-state index < -0.39 is 0 Å². The van der Waals surface area contributed by atoms with Crippen LogP contribution in [-0.4, -0.2) is 26.1 Å². The van der Waals surface area contributed by atoms with Crippen molar-refractivity contribution in [2.24, 2.45) is 0 Å². The molecule has 4 heterocycles. The molecule has 0 saturated heterocycles. The third-order valence-corrected chi connectivity index (χ3v) is 4.76. The SMILES string of the molecule is Fc1cccn2nc([C@@H]3c4nc[nH]c4CCN3c3ccccc3)cc12. The Morgan fingerprint density at radius 2 is 2.00 bits per heavy atom. The van der Waals surface area contributed by atoms with Crippen LogP contribution in [0.4, 0.5) is 10.1 Å². The number of halogens is 1. The van der Waals surface area contributed by atoms with E-state index >= 15 is 0 Å². The highest BCUT2D eigenvalue weighted by molar-refractivity contribution is 5.56. The number of H-pyrrole nitrogens is 1. The lowest BCUT2D eigenvalue weighted by molar-refractivity contribution is 0.615. The summed E-state index contributed by atoms with van der Waals surface area (Å²) in [4.78, 5) is 10.1. The predicted octanol–water partition coefficient (Wildman–Crippen LogP) is 3.35. The molecule has 124 valence electrons. The quantitative estimate of drug-likeness (QED) is 0.612. The number of nitrogens with one attached hydrogen (secondary N) is 1. The molecule has 1 aromatic carbocycles. The highest BCUT2D eigenvalue weighted by Crippen LogP contribution is 2.36. The third kappa shape index (κ3) is 2.21. The van der Waals surface area contributed by atoms with Gasteiger partial charge in [0.2, 0.25) is 0 Å². The fourth-order valence-electron chi connectivity index (χ4n) is 3.61. The number of aromatic amines is 1. The normalized spacial score (nSPS) is 17.0. The maximum Gasteiger partial charge on any atom is 0.148 e. The number of benzene rings is 1. The van der Waals surface area contributed by atoms with Crippen LogP contribution >= 0.6 is 0 Å². The van der Waals surface area contributed by atoms with Gasteiger partial charge in [-0.1, -0.05) is 18.2 Å². The highest BCUT2D eigenvalue weighted by Gasteiger charge is 2.33. The van der Waals surface area contributed by atoms with E-state index in [-0.39, 0.29) is 11.9 Å². The molecule has 3 aromatic heterocycles. The van der Waals surface area contributed by atoms with Crippen molar-refractivity contribution >= 4 is 11.2 Å². The molecule has 0 aliphatic carbocycles. The van der Waals surface area contributed by atoms with Crippen LogP contribution in [0.5, 0.6) is 0 Å². The van der Waals surface area contributed by atoms with Gasteiger partial charge in [0.05, 0.1) is 17.7 Å². The number of para-hydroxylation sites is 1. The maximum absolute atomic E-state index is 14.1.